The average Bonchev–Trinajstić information content (AvgIpc) is 3.33. The maximum atomic E-state index is 12.0. The smallest absolute Gasteiger partial charge is 0.326 e. The van der Waals surface area contributed by atoms with Crippen molar-refractivity contribution in [2.24, 2.45) is 5.73 Å². The number of urea groups is 1. The Balaban J connectivity index is 1.54. The Labute approximate surface area is 178 Å². The molecule has 10 heteroatoms. The molecule has 0 saturated carbocycles. The van der Waals surface area contributed by atoms with Crippen LogP contribution in [-0.4, -0.2) is 21.9 Å². The average molecular weight is 442 g/mol. The number of benzene rings is 1. The third-order valence-corrected chi connectivity index (χ3v) is 6.89. The summed E-state index contributed by atoms with van der Waals surface area (Å²) < 4.78 is 0.989. The summed E-state index contributed by atoms with van der Waals surface area (Å²) in [6.07, 6.45) is 3.37. The van der Waals surface area contributed by atoms with Crippen LogP contribution >= 0.6 is 34.4 Å². The summed E-state index contributed by atoms with van der Waals surface area (Å²) in [7, 11) is 0. The van der Waals surface area contributed by atoms with Crippen molar-refractivity contribution in [2.75, 3.05) is 10.6 Å². The van der Waals surface area contributed by atoms with Crippen LogP contribution < -0.4 is 16.4 Å². The number of nitrogens with two attached hydrogens (primary N) is 1. The number of pyridine rings is 1. The van der Waals surface area contributed by atoms with Crippen molar-refractivity contribution < 1.29 is 9.59 Å². The highest BCUT2D eigenvalue weighted by atomic mass is 32.2. The number of primary amides is 1. The van der Waals surface area contributed by atoms with Gasteiger partial charge in [0.25, 0.3) is 0 Å². The molecule has 0 spiro atoms. The topological polar surface area (TPSA) is 110 Å². The van der Waals surface area contributed by atoms with Gasteiger partial charge in [0.05, 0.1) is 14.7 Å². The van der Waals surface area contributed by atoms with E-state index in [-0.39, 0.29) is 6.03 Å². The molecule has 4 N–H and O–H groups in total. The summed E-state index contributed by atoms with van der Waals surface area (Å²) in [5.74, 6) is -0.460. The van der Waals surface area contributed by atoms with Crippen LogP contribution in [0.4, 0.5) is 14.9 Å². The number of carbonyl (C=O) groups is 2. The van der Waals surface area contributed by atoms with E-state index in [1.165, 1.54) is 22.7 Å². The van der Waals surface area contributed by atoms with E-state index in [9.17, 15) is 9.59 Å². The van der Waals surface area contributed by atoms with Crippen molar-refractivity contribution in [2.45, 2.75) is 16.0 Å². The van der Waals surface area contributed by atoms with Gasteiger partial charge in [-0.25, -0.2) is 9.78 Å². The number of aryl methyl sites for hydroxylation is 1. The van der Waals surface area contributed by atoms with Crippen LogP contribution in [-0.2, 0) is 0 Å². The van der Waals surface area contributed by atoms with Crippen LogP contribution in [0.1, 0.15) is 15.9 Å². The first-order valence-electron chi connectivity index (χ1n) is 8.44. The highest BCUT2D eigenvalue weighted by molar-refractivity contribution is 8.01. The van der Waals surface area contributed by atoms with Crippen LogP contribution in [0.5, 0.6) is 0 Å². The molecule has 4 rings (SSSR count). The number of thiazole rings is 1. The van der Waals surface area contributed by atoms with Gasteiger partial charge in [0.2, 0.25) is 5.91 Å². The number of rotatable bonds is 5. The Morgan fingerprint density at radius 2 is 1.97 bits per heavy atom. The lowest BCUT2D eigenvalue weighted by Gasteiger charge is -2.08. The standard InChI is InChI=1S/C19H15N5O2S3/c1-10-8-13-12(9-11(10)17(20)25)14(4-5-21-13)28-16-3-2-15(29-16)23-18(26)24-19-22-6-7-27-19/h2-9H,1H3,(H2,20,25)(H2,22,23,24,26). The van der Waals surface area contributed by atoms with Gasteiger partial charge >= 0.3 is 6.03 Å². The van der Waals surface area contributed by atoms with Crippen LogP contribution in [0, 0.1) is 6.92 Å². The van der Waals surface area contributed by atoms with Crippen molar-refractivity contribution >= 4 is 67.4 Å². The van der Waals surface area contributed by atoms with Gasteiger partial charge in [0, 0.05) is 33.6 Å². The number of thiophene rings is 1. The molecule has 0 fully saturated rings. The number of amides is 3. The zero-order valence-corrected chi connectivity index (χ0v) is 17.6. The van der Waals surface area contributed by atoms with Gasteiger partial charge in [0.15, 0.2) is 5.13 Å². The van der Waals surface area contributed by atoms with E-state index in [4.69, 9.17) is 5.73 Å². The lowest BCUT2D eigenvalue weighted by Crippen LogP contribution is -2.18. The fraction of sp³-hybridized carbons (Fsp3) is 0.0526. The van der Waals surface area contributed by atoms with Gasteiger partial charge in [-0.2, -0.15) is 0 Å². The zero-order chi connectivity index (χ0) is 20.4. The summed E-state index contributed by atoms with van der Waals surface area (Å²) in [5.41, 5.74) is 7.58. The maximum Gasteiger partial charge on any atom is 0.326 e. The number of nitrogens with zero attached hydrogens (tertiary/aromatic N) is 2. The molecule has 0 aliphatic carbocycles. The molecule has 0 unspecified atom stereocenters. The number of fused-ring (bicyclic) bond motifs is 1. The molecule has 4 aromatic rings. The molecular formula is C19H15N5O2S3. The van der Waals surface area contributed by atoms with E-state index in [1.54, 1.807) is 35.6 Å². The van der Waals surface area contributed by atoms with E-state index in [0.717, 1.165) is 25.6 Å². The zero-order valence-electron chi connectivity index (χ0n) is 15.1. The van der Waals surface area contributed by atoms with Gasteiger partial charge in [0.1, 0.15) is 0 Å². The molecule has 1 aromatic carbocycles. The molecule has 3 amide bonds. The van der Waals surface area contributed by atoms with Crippen molar-refractivity contribution in [3.63, 3.8) is 0 Å². The number of hydrogen-bond acceptors (Lipinski definition) is 7. The summed E-state index contributed by atoms with van der Waals surface area (Å²) >= 11 is 4.35. The van der Waals surface area contributed by atoms with Gasteiger partial charge in [-0.1, -0.05) is 11.8 Å². The molecule has 0 saturated heterocycles. The number of anilines is 2. The molecule has 0 radical (unpaired) electrons. The second-order valence-corrected chi connectivity index (χ2v) is 9.32. The van der Waals surface area contributed by atoms with E-state index < -0.39 is 5.91 Å². The predicted octanol–water partition coefficient (Wildman–Crippen LogP) is 4.96. The Kier molecular flexibility index (Phi) is 5.47. The molecule has 7 nitrogen and oxygen atoms in total. The molecule has 0 bridgehead atoms. The lowest BCUT2D eigenvalue weighted by molar-refractivity contribution is 0.1000. The van der Waals surface area contributed by atoms with Crippen molar-refractivity contribution in [1.29, 1.82) is 0 Å². The van der Waals surface area contributed by atoms with Crippen LogP contribution in [0.2, 0.25) is 0 Å². The predicted molar refractivity (Wildman–Crippen MR) is 118 cm³/mol. The quantitative estimate of drug-likeness (QED) is 0.406. The SMILES string of the molecule is Cc1cc2nccc(Sc3ccc(NC(=O)Nc4nccs4)s3)c2cc1C(N)=O. The van der Waals surface area contributed by atoms with Gasteiger partial charge < -0.3 is 5.73 Å². The normalized spacial score (nSPS) is 10.8. The van der Waals surface area contributed by atoms with Gasteiger partial charge in [-0.3, -0.25) is 20.4 Å². The molecular weight excluding hydrogens is 426 g/mol. The van der Waals surface area contributed by atoms with Crippen molar-refractivity contribution in [3.05, 3.63) is 59.2 Å². The monoisotopic (exact) mass is 441 g/mol. The van der Waals surface area contributed by atoms with Crippen molar-refractivity contribution in [1.82, 2.24) is 9.97 Å². The Morgan fingerprint density at radius 3 is 2.72 bits per heavy atom. The first-order valence-corrected chi connectivity index (χ1v) is 11.0. The van der Waals surface area contributed by atoms with E-state index in [0.29, 0.717) is 15.7 Å². The Bertz CT molecular complexity index is 1200. The fourth-order valence-electron chi connectivity index (χ4n) is 2.70. The van der Waals surface area contributed by atoms with Gasteiger partial charge in [-0.05, 0) is 42.8 Å². The van der Waals surface area contributed by atoms with E-state index in [2.05, 4.69) is 20.6 Å². The van der Waals surface area contributed by atoms with E-state index >= 15 is 0 Å². The Hall–Kier alpha value is -2.95. The second kappa shape index (κ2) is 8.19. The molecule has 0 aliphatic heterocycles. The number of hydrogen-bond donors (Lipinski definition) is 3. The third-order valence-electron chi connectivity index (χ3n) is 3.99. The first-order chi connectivity index (χ1) is 14.0. The molecule has 146 valence electrons. The first kappa shape index (κ1) is 19.4. The molecule has 0 atom stereocenters. The minimum absolute atomic E-state index is 0.339. The van der Waals surface area contributed by atoms with E-state index in [1.807, 2.05) is 31.2 Å². The molecule has 29 heavy (non-hydrogen) atoms. The minimum atomic E-state index is -0.460. The van der Waals surface area contributed by atoms with Crippen LogP contribution in [0.25, 0.3) is 10.9 Å². The summed E-state index contributed by atoms with van der Waals surface area (Å²) in [6, 6.07) is 8.99. The third kappa shape index (κ3) is 4.39. The highest BCUT2D eigenvalue weighted by Gasteiger charge is 2.12. The Morgan fingerprint density at radius 1 is 1.10 bits per heavy atom. The fourth-order valence-corrected chi connectivity index (χ4v) is 5.32. The number of nitrogens with one attached hydrogen (secondary N) is 2. The van der Waals surface area contributed by atoms with Crippen molar-refractivity contribution in [3.8, 4) is 0 Å². The number of aromatic nitrogens is 2. The summed E-state index contributed by atoms with van der Waals surface area (Å²) in [5, 5.41) is 9.39. The minimum Gasteiger partial charge on any atom is -0.366 e. The second-order valence-electron chi connectivity index (χ2n) is 5.99. The van der Waals surface area contributed by atoms with Gasteiger partial charge in [-0.15, -0.1) is 22.7 Å². The summed E-state index contributed by atoms with van der Waals surface area (Å²) in [6.45, 7) is 1.84. The summed E-state index contributed by atoms with van der Waals surface area (Å²) in [4.78, 5) is 33.1. The van der Waals surface area contributed by atoms with Crippen LogP contribution in [0.3, 0.4) is 0 Å². The number of carbonyl (C=O) groups excluding carboxylic acids is 2. The molecule has 3 heterocycles. The highest BCUT2D eigenvalue weighted by Crippen LogP contribution is 2.39. The maximum absolute atomic E-state index is 12.0. The molecule has 0 aliphatic rings. The lowest BCUT2D eigenvalue weighted by atomic mass is 10.0. The largest absolute Gasteiger partial charge is 0.366 e. The molecule has 3 aromatic heterocycles. The van der Waals surface area contributed by atoms with Crippen LogP contribution in [0.15, 0.2) is 57.2 Å².